The molecule has 0 saturated carbocycles. The highest BCUT2D eigenvalue weighted by molar-refractivity contribution is 7.92. The molecule has 61 heavy (non-hydrogen) atoms. The van der Waals surface area contributed by atoms with E-state index < -0.39 is 22.3 Å². The summed E-state index contributed by atoms with van der Waals surface area (Å²) in [5.41, 5.74) is 13.7. The molecule has 0 bridgehead atoms. The molecule has 0 aromatic heterocycles. The van der Waals surface area contributed by atoms with Crippen molar-refractivity contribution in [1.29, 1.82) is 0 Å². The molecule has 0 amide bonds. The Hall–Kier alpha value is -2.96. The molecule has 5 aromatic carbocycles. The van der Waals surface area contributed by atoms with Crippen molar-refractivity contribution >= 4 is 64.5 Å². The van der Waals surface area contributed by atoms with E-state index >= 15 is 0 Å². The maximum absolute atomic E-state index is 9.65. The standard InChI is InChI=1S/C57H78ClSi3/c1-34(2)43-28-47(37(7)8)55(48(29-43)38(9)10)59-53-26-22-23-27-54(53)60(58,46-24-20-19-21-25-46)61(59,56-49(39(11)12)30-44(35(3)4)31-50(56)40(13)14)57-51(41(15)16)32-45(36(5)6)33-52(57)42(17)18/h19-42H,1-18H3/t60-/m0/s1. The third-order valence-electron chi connectivity index (χ3n) is 14.0. The van der Waals surface area contributed by atoms with Crippen LogP contribution in [0.1, 0.15) is 228 Å². The van der Waals surface area contributed by atoms with Gasteiger partial charge in [-0.25, -0.2) is 0 Å². The second-order valence-corrected chi connectivity index (χ2v) is 40.4. The lowest BCUT2D eigenvalue weighted by Crippen LogP contribution is -2.88. The van der Waals surface area contributed by atoms with Gasteiger partial charge in [0.15, 0.2) is 0 Å². The average Bonchev–Trinajstić information content (AvgIpc) is 3.44. The SMILES string of the molecule is CC(C)c1cc(C(C)C)c([Si]2c3ccccc3[Si@](Cl)(c3ccccc3)[Si]2(c2c(C(C)C)cc(C(C)C)cc2C(C)C)c2c(C(C)C)cc(C(C)C)cc2C(C)C)c(C(C)C)c1. The Morgan fingerprint density at radius 1 is 0.377 bits per heavy atom. The van der Waals surface area contributed by atoms with Gasteiger partial charge in [-0.15, -0.1) is 0 Å². The highest BCUT2D eigenvalue weighted by atomic mass is 35.6. The molecule has 0 saturated heterocycles. The first-order chi connectivity index (χ1) is 28.6. The molecule has 1 aliphatic rings. The fourth-order valence-corrected chi connectivity index (χ4v) is 51.8. The zero-order valence-electron chi connectivity index (χ0n) is 41.2. The highest BCUT2D eigenvalue weighted by Gasteiger charge is 2.72. The van der Waals surface area contributed by atoms with Crippen molar-refractivity contribution in [3.05, 3.63) is 141 Å². The molecule has 1 aliphatic heterocycles. The largest absolute Gasteiger partial charge is 0.214 e. The zero-order chi connectivity index (χ0) is 45.0. The number of hydrogen-bond donors (Lipinski definition) is 0. The third kappa shape index (κ3) is 7.99. The minimum atomic E-state index is -3.29. The van der Waals surface area contributed by atoms with Gasteiger partial charge in [-0.2, -0.15) is 11.1 Å². The van der Waals surface area contributed by atoms with Crippen LogP contribution in [0.5, 0.6) is 0 Å². The van der Waals surface area contributed by atoms with Crippen LogP contribution in [-0.2, 0) is 0 Å². The van der Waals surface area contributed by atoms with E-state index in [1.165, 1.54) is 27.1 Å². The molecule has 1 heterocycles. The van der Waals surface area contributed by atoms with Crippen molar-refractivity contribution in [1.82, 2.24) is 0 Å². The van der Waals surface area contributed by atoms with Crippen LogP contribution in [-0.4, -0.2) is 22.3 Å². The monoisotopic (exact) mass is 882 g/mol. The van der Waals surface area contributed by atoms with Gasteiger partial charge in [0.1, 0.15) is 15.4 Å². The van der Waals surface area contributed by atoms with Crippen molar-refractivity contribution < 1.29 is 0 Å². The fraction of sp³-hybridized carbons (Fsp3) is 0.474. The summed E-state index contributed by atoms with van der Waals surface area (Å²) in [6.07, 6.45) is 0. The Morgan fingerprint density at radius 3 is 1.02 bits per heavy atom. The van der Waals surface area contributed by atoms with Crippen molar-refractivity contribution in [2.75, 3.05) is 0 Å². The van der Waals surface area contributed by atoms with Crippen LogP contribution < -0.4 is 31.1 Å². The Kier molecular flexibility index (Phi) is 14.2. The van der Waals surface area contributed by atoms with Gasteiger partial charge in [-0.3, -0.25) is 0 Å². The quantitative estimate of drug-likeness (QED) is 0.0816. The van der Waals surface area contributed by atoms with Crippen LogP contribution in [0.2, 0.25) is 0 Å². The summed E-state index contributed by atoms with van der Waals surface area (Å²) < 4.78 is 0. The van der Waals surface area contributed by atoms with E-state index in [2.05, 4.69) is 216 Å². The van der Waals surface area contributed by atoms with Crippen molar-refractivity contribution in [2.24, 2.45) is 0 Å². The molecule has 0 unspecified atom stereocenters. The number of fused-ring (bicyclic) bond motifs is 1. The van der Waals surface area contributed by atoms with Crippen LogP contribution in [0, 0.1) is 0 Å². The summed E-state index contributed by atoms with van der Waals surface area (Å²) in [4.78, 5) is 0. The topological polar surface area (TPSA) is 0 Å². The molecule has 0 aliphatic carbocycles. The van der Waals surface area contributed by atoms with Crippen LogP contribution in [0.3, 0.4) is 0 Å². The Labute approximate surface area is 381 Å². The van der Waals surface area contributed by atoms with Gasteiger partial charge in [0.05, 0.1) is 0 Å². The van der Waals surface area contributed by atoms with Gasteiger partial charge >= 0.3 is 0 Å². The van der Waals surface area contributed by atoms with E-state index in [1.807, 2.05) is 0 Å². The Bertz CT molecular complexity index is 2180. The number of hydrogen-bond acceptors (Lipinski definition) is 0. The van der Waals surface area contributed by atoms with Crippen molar-refractivity contribution in [3.63, 3.8) is 0 Å². The van der Waals surface area contributed by atoms with Gasteiger partial charge in [-0.1, -0.05) is 226 Å². The average molecular weight is 883 g/mol. The molecule has 0 nitrogen and oxygen atoms in total. The first-order valence-corrected chi connectivity index (χ1v) is 32.4. The highest BCUT2D eigenvalue weighted by Crippen LogP contribution is 2.42. The summed E-state index contributed by atoms with van der Waals surface area (Å²) in [5, 5.41) is 9.52. The molecule has 0 spiro atoms. The Balaban J connectivity index is 2.14. The summed E-state index contributed by atoms with van der Waals surface area (Å²) in [6, 6.07) is 37.5. The second kappa shape index (κ2) is 18.3. The molecule has 0 N–H and O–H groups in total. The second-order valence-electron chi connectivity index (χ2n) is 21.3. The van der Waals surface area contributed by atoms with Gasteiger partial charge in [0, 0.05) is 0 Å². The number of halogens is 1. The molecule has 4 heteroatoms. The summed E-state index contributed by atoms with van der Waals surface area (Å²) in [7, 11) is -5.00. The molecule has 5 aromatic rings. The van der Waals surface area contributed by atoms with Gasteiger partial charge in [-0.05, 0) is 124 Å². The molecule has 1 radical (unpaired) electrons. The minimum Gasteiger partial charge on any atom is -0.158 e. The minimum absolute atomic E-state index is 0.325. The number of benzene rings is 5. The smallest absolute Gasteiger partial charge is 0.158 e. The van der Waals surface area contributed by atoms with E-state index in [-0.39, 0.29) is 0 Å². The van der Waals surface area contributed by atoms with Gasteiger partial charge in [0.2, 0.25) is 6.90 Å². The van der Waals surface area contributed by atoms with Crippen LogP contribution in [0.4, 0.5) is 0 Å². The van der Waals surface area contributed by atoms with Crippen molar-refractivity contribution in [2.45, 2.75) is 178 Å². The maximum Gasteiger partial charge on any atom is 0.214 e. The third-order valence-corrected chi connectivity index (χ3v) is 45.5. The van der Waals surface area contributed by atoms with Crippen LogP contribution >= 0.6 is 11.1 Å². The molecule has 6 rings (SSSR count). The predicted molar refractivity (Wildman–Crippen MR) is 280 cm³/mol. The first kappa shape index (κ1) is 47.5. The lowest BCUT2D eigenvalue weighted by atomic mass is 9.89. The predicted octanol–water partition coefficient (Wildman–Crippen LogP) is 13.1. The molecule has 0 fully saturated rings. The van der Waals surface area contributed by atoms with E-state index in [9.17, 15) is 11.1 Å². The van der Waals surface area contributed by atoms with Crippen LogP contribution in [0.15, 0.2) is 91.0 Å². The molecular formula is C57H78ClSi3. The molecule has 1 atom stereocenters. The number of rotatable bonds is 13. The fourth-order valence-electron chi connectivity index (χ4n) is 10.7. The molecule has 325 valence electrons. The zero-order valence-corrected chi connectivity index (χ0v) is 45.0. The van der Waals surface area contributed by atoms with E-state index in [1.54, 1.807) is 54.1 Å². The molecular weight excluding hydrogens is 804 g/mol. The summed E-state index contributed by atoms with van der Waals surface area (Å²) in [6.45, 7) is 40.8. The Morgan fingerprint density at radius 2 is 0.689 bits per heavy atom. The van der Waals surface area contributed by atoms with Gasteiger partial charge < -0.3 is 0 Å². The normalized spacial score (nSPS) is 16.9. The van der Waals surface area contributed by atoms with Gasteiger partial charge in [0.25, 0.3) is 0 Å². The lowest BCUT2D eigenvalue weighted by Gasteiger charge is -2.50. The van der Waals surface area contributed by atoms with Crippen LogP contribution in [0.25, 0.3) is 0 Å². The van der Waals surface area contributed by atoms with Crippen molar-refractivity contribution in [3.8, 4) is 0 Å². The van der Waals surface area contributed by atoms with E-state index in [4.69, 9.17) is 0 Å². The first-order valence-electron chi connectivity index (χ1n) is 23.9. The summed E-state index contributed by atoms with van der Waals surface area (Å²) >= 11 is 9.65. The maximum atomic E-state index is 9.65. The lowest BCUT2D eigenvalue weighted by molar-refractivity contribution is 0.809. The van der Waals surface area contributed by atoms with E-state index in [0.717, 1.165) is 0 Å². The van der Waals surface area contributed by atoms with E-state index in [0.29, 0.717) is 53.3 Å². The summed E-state index contributed by atoms with van der Waals surface area (Å²) in [5.74, 6) is 3.31.